The summed E-state index contributed by atoms with van der Waals surface area (Å²) in [6.45, 7) is 0.733. The number of benzene rings is 1. The van der Waals surface area contributed by atoms with Crippen LogP contribution >= 0.6 is 23.2 Å². The van der Waals surface area contributed by atoms with Crippen LogP contribution in [-0.2, 0) is 17.5 Å². The number of rotatable bonds is 3. The molecular formula is C20H17Cl2F3N4O2. The van der Waals surface area contributed by atoms with Crippen molar-refractivity contribution in [3.8, 4) is 0 Å². The summed E-state index contributed by atoms with van der Waals surface area (Å²) in [6, 6.07) is 7.22. The predicted molar refractivity (Wildman–Crippen MR) is 109 cm³/mol. The lowest BCUT2D eigenvalue weighted by Crippen LogP contribution is -2.55. The molecule has 0 unspecified atom stereocenters. The lowest BCUT2D eigenvalue weighted by Gasteiger charge is -2.38. The number of carbonyl (C=O) groups is 2. The first kappa shape index (κ1) is 21.7. The summed E-state index contributed by atoms with van der Waals surface area (Å²) in [5.41, 5.74) is -1.20. The molecule has 11 heteroatoms. The lowest BCUT2D eigenvalue weighted by molar-refractivity contribution is -0.138. The third-order valence-corrected chi connectivity index (χ3v) is 6.10. The molecule has 1 spiro atoms. The standard InChI is InChI=1S/C20H17Cl2F3N4O2/c21-14-3-1-12(2-4-14)11-29-17(30)19(27-18(29)31)5-7-28(8-6-19)16-15(22)9-13(10-26-16)20(23,24)25/h1-4,9-10H,5-8,11H2,(H,27,31). The Morgan fingerprint density at radius 2 is 1.74 bits per heavy atom. The van der Waals surface area contributed by atoms with Gasteiger partial charge in [0.05, 0.1) is 17.1 Å². The SMILES string of the molecule is O=C1NC2(CCN(c3ncc(C(F)(F)F)cc3Cl)CC2)C(=O)N1Cc1ccc(Cl)cc1. The molecule has 2 aliphatic rings. The third kappa shape index (κ3) is 4.16. The molecule has 3 amide bonds. The summed E-state index contributed by atoms with van der Waals surface area (Å²) < 4.78 is 38.5. The Kier molecular flexibility index (Phi) is 5.51. The number of pyridine rings is 1. The first-order valence-corrected chi connectivity index (χ1v) is 10.2. The van der Waals surface area contributed by atoms with Gasteiger partial charge in [0.1, 0.15) is 11.4 Å². The quantitative estimate of drug-likeness (QED) is 0.667. The fourth-order valence-corrected chi connectivity index (χ4v) is 4.26. The number of hydrogen-bond donors (Lipinski definition) is 1. The molecule has 2 saturated heterocycles. The maximum Gasteiger partial charge on any atom is 0.417 e. The van der Waals surface area contributed by atoms with Gasteiger partial charge < -0.3 is 10.2 Å². The minimum atomic E-state index is -4.53. The van der Waals surface area contributed by atoms with E-state index in [1.54, 1.807) is 29.2 Å². The fourth-order valence-electron chi connectivity index (χ4n) is 3.85. The Labute approximate surface area is 185 Å². The minimum absolute atomic E-state index is 0.114. The summed E-state index contributed by atoms with van der Waals surface area (Å²) >= 11 is 11.9. The van der Waals surface area contributed by atoms with Gasteiger partial charge >= 0.3 is 12.2 Å². The van der Waals surface area contributed by atoms with Crippen LogP contribution in [0.25, 0.3) is 0 Å². The van der Waals surface area contributed by atoms with Gasteiger partial charge in [-0.15, -0.1) is 0 Å². The van der Waals surface area contributed by atoms with Crippen LogP contribution in [0.2, 0.25) is 10.0 Å². The van der Waals surface area contributed by atoms with E-state index in [-0.39, 0.29) is 36.1 Å². The average Bonchev–Trinajstić information content (AvgIpc) is 2.94. The van der Waals surface area contributed by atoms with Crippen LogP contribution < -0.4 is 10.2 Å². The van der Waals surface area contributed by atoms with Crippen molar-refractivity contribution in [3.63, 3.8) is 0 Å². The molecule has 0 bridgehead atoms. The Hall–Kier alpha value is -2.52. The van der Waals surface area contributed by atoms with E-state index in [4.69, 9.17) is 23.2 Å². The molecule has 1 aromatic carbocycles. The van der Waals surface area contributed by atoms with Crippen LogP contribution in [0.1, 0.15) is 24.0 Å². The zero-order valence-electron chi connectivity index (χ0n) is 16.0. The predicted octanol–water partition coefficient (Wildman–Crippen LogP) is 4.50. The van der Waals surface area contributed by atoms with Crippen LogP contribution in [0.3, 0.4) is 0 Å². The summed E-state index contributed by atoms with van der Waals surface area (Å²) in [5.74, 6) is -0.0992. The van der Waals surface area contributed by atoms with Crippen LogP contribution in [-0.4, -0.2) is 40.5 Å². The number of piperidine rings is 1. The van der Waals surface area contributed by atoms with E-state index in [1.165, 1.54) is 4.90 Å². The fraction of sp³-hybridized carbons (Fsp3) is 0.350. The van der Waals surface area contributed by atoms with Gasteiger partial charge in [-0.1, -0.05) is 35.3 Å². The van der Waals surface area contributed by atoms with Gasteiger partial charge in [-0.25, -0.2) is 9.78 Å². The molecular weight excluding hydrogens is 456 g/mol. The second-order valence-electron chi connectivity index (χ2n) is 7.54. The molecule has 164 valence electrons. The zero-order valence-corrected chi connectivity index (χ0v) is 17.6. The Balaban J connectivity index is 1.46. The minimum Gasteiger partial charge on any atom is -0.355 e. The number of amides is 3. The Morgan fingerprint density at radius 3 is 2.32 bits per heavy atom. The number of aromatic nitrogens is 1. The molecule has 0 atom stereocenters. The lowest BCUT2D eigenvalue weighted by atomic mass is 9.87. The monoisotopic (exact) mass is 472 g/mol. The number of anilines is 1. The normalized spacial score (nSPS) is 18.6. The van der Waals surface area contributed by atoms with Crippen LogP contribution in [0.5, 0.6) is 0 Å². The van der Waals surface area contributed by atoms with E-state index in [0.717, 1.165) is 17.8 Å². The van der Waals surface area contributed by atoms with Crippen molar-refractivity contribution in [2.75, 3.05) is 18.0 Å². The molecule has 2 fully saturated rings. The number of nitrogens with one attached hydrogen (secondary N) is 1. The topological polar surface area (TPSA) is 65.5 Å². The first-order valence-electron chi connectivity index (χ1n) is 9.45. The van der Waals surface area contributed by atoms with Crippen molar-refractivity contribution >= 4 is 41.0 Å². The van der Waals surface area contributed by atoms with E-state index < -0.39 is 23.3 Å². The van der Waals surface area contributed by atoms with Gasteiger partial charge in [0.2, 0.25) is 0 Å². The molecule has 31 heavy (non-hydrogen) atoms. The summed E-state index contributed by atoms with van der Waals surface area (Å²) in [7, 11) is 0. The van der Waals surface area contributed by atoms with Crippen molar-refractivity contribution in [1.29, 1.82) is 0 Å². The third-order valence-electron chi connectivity index (χ3n) is 5.57. The Morgan fingerprint density at radius 1 is 1.10 bits per heavy atom. The van der Waals surface area contributed by atoms with Gasteiger partial charge in [0, 0.05) is 24.3 Å². The highest BCUT2D eigenvalue weighted by Gasteiger charge is 2.52. The Bertz CT molecular complexity index is 1020. The average molecular weight is 473 g/mol. The van der Waals surface area contributed by atoms with Crippen LogP contribution in [0, 0.1) is 0 Å². The van der Waals surface area contributed by atoms with Gasteiger partial charge in [0.15, 0.2) is 0 Å². The highest BCUT2D eigenvalue weighted by atomic mass is 35.5. The summed E-state index contributed by atoms with van der Waals surface area (Å²) in [5, 5.41) is 3.24. The maximum absolute atomic E-state index is 13.1. The molecule has 3 heterocycles. The van der Waals surface area contributed by atoms with Crippen molar-refractivity contribution in [3.05, 3.63) is 57.7 Å². The molecule has 1 aromatic heterocycles. The smallest absolute Gasteiger partial charge is 0.355 e. The second kappa shape index (κ2) is 7.87. The number of halogens is 5. The number of hydrogen-bond acceptors (Lipinski definition) is 4. The largest absolute Gasteiger partial charge is 0.417 e. The van der Waals surface area contributed by atoms with Gasteiger partial charge in [0.25, 0.3) is 5.91 Å². The molecule has 2 aromatic rings. The van der Waals surface area contributed by atoms with Crippen LogP contribution in [0.15, 0.2) is 36.5 Å². The molecule has 0 aliphatic carbocycles. The van der Waals surface area contributed by atoms with Crippen molar-refractivity contribution < 1.29 is 22.8 Å². The van der Waals surface area contributed by atoms with Gasteiger partial charge in [-0.2, -0.15) is 13.2 Å². The first-order chi connectivity index (χ1) is 14.6. The zero-order chi connectivity index (χ0) is 22.4. The van der Waals surface area contributed by atoms with Crippen molar-refractivity contribution in [2.24, 2.45) is 0 Å². The van der Waals surface area contributed by atoms with E-state index in [1.807, 2.05) is 0 Å². The molecule has 6 nitrogen and oxygen atoms in total. The number of urea groups is 1. The molecule has 0 radical (unpaired) electrons. The number of nitrogens with zero attached hydrogens (tertiary/aromatic N) is 3. The molecule has 4 rings (SSSR count). The molecule has 2 aliphatic heterocycles. The second-order valence-corrected chi connectivity index (χ2v) is 8.39. The number of alkyl halides is 3. The van der Waals surface area contributed by atoms with E-state index in [0.29, 0.717) is 18.1 Å². The summed E-state index contributed by atoms with van der Waals surface area (Å²) in [4.78, 5) is 32.3. The van der Waals surface area contributed by atoms with Gasteiger partial charge in [-0.3, -0.25) is 9.69 Å². The van der Waals surface area contributed by atoms with E-state index >= 15 is 0 Å². The highest BCUT2D eigenvalue weighted by molar-refractivity contribution is 6.33. The van der Waals surface area contributed by atoms with E-state index in [9.17, 15) is 22.8 Å². The van der Waals surface area contributed by atoms with Crippen molar-refractivity contribution in [2.45, 2.75) is 31.1 Å². The summed E-state index contributed by atoms with van der Waals surface area (Å²) in [6.07, 6.45) is -3.22. The van der Waals surface area contributed by atoms with Crippen molar-refractivity contribution in [1.82, 2.24) is 15.2 Å². The van der Waals surface area contributed by atoms with E-state index in [2.05, 4.69) is 10.3 Å². The van der Waals surface area contributed by atoms with Gasteiger partial charge in [-0.05, 0) is 36.6 Å². The number of carbonyl (C=O) groups excluding carboxylic acids is 2. The molecule has 0 saturated carbocycles. The molecule has 1 N–H and O–H groups in total. The maximum atomic E-state index is 13.1. The van der Waals surface area contributed by atoms with Crippen LogP contribution in [0.4, 0.5) is 23.8 Å². The highest BCUT2D eigenvalue weighted by Crippen LogP contribution is 2.36. The number of imide groups is 1.